The average Bonchev–Trinajstić information content (AvgIpc) is 2.80. The van der Waals surface area contributed by atoms with Gasteiger partial charge in [0.05, 0.1) is 13.2 Å². The van der Waals surface area contributed by atoms with E-state index in [0.717, 1.165) is 44.1 Å². The van der Waals surface area contributed by atoms with Gasteiger partial charge in [0.1, 0.15) is 23.2 Å². The standard InChI is InChI=1S/C26H35FN4O2/c1-19(28)24-10-9-23(18-25(24)27)33-17-3-13-31-14-11-20(12-15-31)4-2-16-32-22-7-5-21(6-8-22)26(29)30/h5-10,18,20H,1-4,11-17,28H2,(H3,29,30). The van der Waals surface area contributed by atoms with Gasteiger partial charge in [-0.15, -0.1) is 0 Å². The Morgan fingerprint density at radius 2 is 1.64 bits per heavy atom. The first-order valence-electron chi connectivity index (χ1n) is 11.6. The summed E-state index contributed by atoms with van der Waals surface area (Å²) in [5, 5.41) is 7.42. The van der Waals surface area contributed by atoms with Crippen LogP contribution in [0, 0.1) is 17.1 Å². The van der Waals surface area contributed by atoms with Crippen LogP contribution in [0.3, 0.4) is 0 Å². The number of hydrogen-bond donors (Lipinski definition) is 3. The van der Waals surface area contributed by atoms with Crippen molar-refractivity contribution in [3.8, 4) is 11.5 Å². The number of piperidine rings is 1. The lowest BCUT2D eigenvalue weighted by molar-refractivity contribution is 0.161. The van der Waals surface area contributed by atoms with E-state index >= 15 is 0 Å². The van der Waals surface area contributed by atoms with Gasteiger partial charge in [0.15, 0.2) is 0 Å². The van der Waals surface area contributed by atoms with E-state index in [1.807, 2.05) is 24.3 Å². The number of rotatable bonds is 12. The molecule has 0 unspecified atom stereocenters. The number of benzene rings is 2. The Hall–Kier alpha value is -3.06. The largest absolute Gasteiger partial charge is 0.494 e. The van der Waals surface area contributed by atoms with E-state index in [9.17, 15) is 4.39 Å². The minimum Gasteiger partial charge on any atom is -0.494 e. The molecular formula is C26H35FN4O2. The molecule has 0 amide bonds. The van der Waals surface area contributed by atoms with Crippen LogP contribution in [0.25, 0.3) is 5.70 Å². The highest BCUT2D eigenvalue weighted by atomic mass is 19.1. The van der Waals surface area contributed by atoms with Gasteiger partial charge in [0, 0.05) is 29.4 Å². The number of nitrogens with zero attached hydrogens (tertiary/aromatic N) is 1. The molecule has 2 aromatic carbocycles. The number of nitrogens with one attached hydrogen (secondary N) is 1. The molecule has 5 N–H and O–H groups in total. The van der Waals surface area contributed by atoms with Crippen LogP contribution < -0.4 is 20.9 Å². The van der Waals surface area contributed by atoms with Crippen LogP contribution >= 0.6 is 0 Å². The second-order valence-corrected chi connectivity index (χ2v) is 8.58. The molecule has 0 aromatic heterocycles. The van der Waals surface area contributed by atoms with Gasteiger partial charge in [-0.2, -0.15) is 0 Å². The van der Waals surface area contributed by atoms with E-state index < -0.39 is 5.82 Å². The van der Waals surface area contributed by atoms with Crippen LogP contribution in [-0.2, 0) is 0 Å². The fourth-order valence-electron chi connectivity index (χ4n) is 4.12. The fraction of sp³-hybridized carbons (Fsp3) is 0.423. The van der Waals surface area contributed by atoms with Crippen molar-refractivity contribution in [2.45, 2.75) is 32.1 Å². The summed E-state index contributed by atoms with van der Waals surface area (Å²) in [5.41, 5.74) is 12.3. The second kappa shape index (κ2) is 12.3. The summed E-state index contributed by atoms with van der Waals surface area (Å²) in [5.74, 6) is 1.76. The topological polar surface area (TPSA) is 97.6 Å². The lowest BCUT2D eigenvalue weighted by Gasteiger charge is -2.32. The molecule has 1 fully saturated rings. The molecule has 7 heteroatoms. The fourth-order valence-corrected chi connectivity index (χ4v) is 4.12. The molecule has 2 aromatic rings. The van der Waals surface area contributed by atoms with Crippen LogP contribution in [-0.4, -0.2) is 43.6 Å². The van der Waals surface area contributed by atoms with Gasteiger partial charge < -0.3 is 25.8 Å². The number of amidine groups is 1. The van der Waals surface area contributed by atoms with Crippen LogP contribution in [0.2, 0.25) is 0 Å². The van der Waals surface area contributed by atoms with Crippen LogP contribution in [0.15, 0.2) is 49.0 Å². The Kier molecular flexibility index (Phi) is 9.13. The predicted molar refractivity (Wildman–Crippen MR) is 131 cm³/mol. The van der Waals surface area contributed by atoms with Gasteiger partial charge >= 0.3 is 0 Å². The van der Waals surface area contributed by atoms with Crippen molar-refractivity contribution < 1.29 is 13.9 Å². The van der Waals surface area contributed by atoms with E-state index in [4.69, 9.17) is 26.4 Å². The van der Waals surface area contributed by atoms with Crippen LogP contribution in [0.1, 0.15) is 43.2 Å². The second-order valence-electron chi connectivity index (χ2n) is 8.58. The summed E-state index contributed by atoms with van der Waals surface area (Å²) >= 11 is 0. The first-order valence-corrected chi connectivity index (χ1v) is 11.6. The SMILES string of the molecule is C=C(N)c1ccc(OCCCN2CCC(CCCOc3ccc(C(=N)N)cc3)CC2)cc1F. The monoisotopic (exact) mass is 454 g/mol. The van der Waals surface area contributed by atoms with Gasteiger partial charge in [-0.1, -0.05) is 6.58 Å². The minimum absolute atomic E-state index is 0.0698. The normalized spacial score (nSPS) is 14.7. The molecule has 1 aliphatic rings. The number of nitrogen functional groups attached to an aromatic ring is 1. The Morgan fingerprint density at radius 1 is 1.00 bits per heavy atom. The van der Waals surface area contributed by atoms with Gasteiger partial charge in [-0.3, -0.25) is 5.41 Å². The van der Waals surface area contributed by atoms with Crippen molar-refractivity contribution in [2.75, 3.05) is 32.8 Å². The Bertz CT molecular complexity index is 924. The molecule has 1 saturated heterocycles. The van der Waals surface area contributed by atoms with E-state index in [-0.39, 0.29) is 11.5 Å². The number of nitrogens with two attached hydrogens (primary N) is 2. The maximum Gasteiger partial charge on any atom is 0.136 e. The summed E-state index contributed by atoms with van der Waals surface area (Å²) in [6.45, 7) is 8.05. The van der Waals surface area contributed by atoms with Crippen LogP contribution in [0.4, 0.5) is 4.39 Å². The third-order valence-electron chi connectivity index (χ3n) is 6.07. The van der Waals surface area contributed by atoms with Gasteiger partial charge in [-0.05, 0) is 87.5 Å². The number of hydrogen-bond acceptors (Lipinski definition) is 5. The predicted octanol–water partition coefficient (Wildman–Crippen LogP) is 4.38. The molecule has 1 aliphatic heterocycles. The quantitative estimate of drug-likeness (QED) is 0.251. The van der Waals surface area contributed by atoms with E-state index in [0.29, 0.717) is 30.1 Å². The summed E-state index contributed by atoms with van der Waals surface area (Å²) < 4.78 is 25.4. The first kappa shape index (κ1) is 24.6. The summed E-state index contributed by atoms with van der Waals surface area (Å²) in [4.78, 5) is 2.48. The average molecular weight is 455 g/mol. The zero-order valence-corrected chi connectivity index (χ0v) is 19.2. The summed E-state index contributed by atoms with van der Waals surface area (Å²) in [6, 6.07) is 12.0. The van der Waals surface area contributed by atoms with E-state index in [1.165, 1.54) is 25.3 Å². The Labute approximate surface area is 195 Å². The molecule has 6 nitrogen and oxygen atoms in total. The summed E-state index contributed by atoms with van der Waals surface area (Å²) in [7, 11) is 0. The number of halogens is 1. The molecule has 1 heterocycles. The van der Waals surface area contributed by atoms with E-state index in [2.05, 4.69) is 11.5 Å². The minimum atomic E-state index is -0.404. The third kappa shape index (κ3) is 7.79. The van der Waals surface area contributed by atoms with Crippen molar-refractivity contribution in [2.24, 2.45) is 17.4 Å². The maximum atomic E-state index is 13.9. The summed E-state index contributed by atoms with van der Waals surface area (Å²) in [6.07, 6.45) is 5.56. The van der Waals surface area contributed by atoms with Gasteiger partial charge in [-0.25, -0.2) is 4.39 Å². The molecule has 0 bridgehead atoms. The molecule has 3 rings (SSSR count). The van der Waals surface area contributed by atoms with Crippen LogP contribution in [0.5, 0.6) is 11.5 Å². The molecule has 178 valence electrons. The van der Waals surface area contributed by atoms with Gasteiger partial charge in [0.25, 0.3) is 0 Å². The third-order valence-corrected chi connectivity index (χ3v) is 6.07. The zero-order valence-electron chi connectivity index (χ0n) is 19.2. The lowest BCUT2D eigenvalue weighted by atomic mass is 9.92. The number of likely N-dealkylation sites (tertiary alicyclic amines) is 1. The maximum absolute atomic E-state index is 13.9. The molecular weight excluding hydrogens is 419 g/mol. The smallest absolute Gasteiger partial charge is 0.136 e. The molecule has 0 saturated carbocycles. The molecule has 0 aliphatic carbocycles. The highest BCUT2D eigenvalue weighted by Gasteiger charge is 2.18. The van der Waals surface area contributed by atoms with Gasteiger partial charge in [0.2, 0.25) is 0 Å². The van der Waals surface area contributed by atoms with Crippen molar-refractivity contribution in [1.82, 2.24) is 4.90 Å². The zero-order chi connectivity index (χ0) is 23.6. The highest BCUT2D eigenvalue weighted by molar-refractivity contribution is 5.94. The molecule has 0 spiro atoms. The molecule has 0 atom stereocenters. The van der Waals surface area contributed by atoms with E-state index in [1.54, 1.807) is 12.1 Å². The Balaban J connectivity index is 1.25. The van der Waals surface area contributed by atoms with Crippen molar-refractivity contribution in [1.29, 1.82) is 5.41 Å². The molecule has 33 heavy (non-hydrogen) atoms. The highest BCUT2D eigenvalue weighted by Crippen LogP contribution is 2.23. The van der Waals surface area contributed by atoms with Crippen molar-refractivity contribution >= 4 is 11.5 Å². The lowest BCUT2D eigenvalue weighted by Crippen LogP contribution is -2.35. The first-order chi connectivity index (χ1) is 15.9. The number of ether oxygens (including phenoxy) is 2. The van der Waals surface area contributed by atoms with Crippen molar-refractivity contribution in [3.63, 3.8) is 0 Å². The Morgan fingerprint density at radius 3 is 2.27 bits per heavy atom. The molecule has 0 radical (unpaired) electrons. The van der Waals surface area contributed by atoms with Crippen molar-refractivity contribution in [3.05, 3.63) is 66.0 Å².